The van der Waals surface area contributed by atoms with Gasteiger partial charge in [0, 0.05) is 0 Å². The maximum absolute atomic E-state index is 2.63. The van der Waals surface area contributed by atoms with E-state index in [4.69, 9.17) is 0 Å². The molecule has 0 aromatic heterocycles. The van der Waals surface area contributed by atoms with Crippen LogP contribution in [0.3, 0.4) is 0 Å². The third-order valence-corrected chi connectivity index (χ3v) is 41.9. The van der Waals surface area contributed by atoms with E-state index < -0.39 is 34.5 Å². The zero-order chi connectivity index (χ0) is 23.5. The average Bonchev–Trinajstić information content (AvgIpc) is 2.79. The second kappa shape index (κ2) is 13.5. The van der Waals surface area contributed by atoms with Gasteiger partial charge in [-0.15, -0.1) is 0 Å². The third kappa shape index (κ3) is 8.16. The van der Waals surface area contributed by atoms with E-state index in [1.54, 1.807) is 27.7 Å². The van der Waals surface area contributed by atoms with Gasteiger partial charge in [0.1, 0.15) is 0 Å². The van der Waals surface area contributed by atoms with Gasteiger partial charge in [-0.1, -0.05) is 0 Å². The molecule has 0 amide bonds. The van der Waals surface area contributed by atoms with Crippen LogP contribution in [0.5, 0.6) is 0 Å². The summed E-state index contributed by atoms with van der Waals surface area (Å²) in [7, 11) is -3.07. The Hall–Kier alpha value is -0.328. The predicted octanol–water partition coefficient (Wildman–Crippen LogP) is 8.52. The third-order valence-electron chi connectivity index (χ3n) is 7.34. The second-order valence-electron chi connectivity index (χ2n) is 11.5. The van der Waals surface area contributed by atoms with Gasteiger partial charge in [0.25, 0.3) is 0 Å². The van der Waals surface area contributed by atoms with Crippen molar-refractivity contribution in [2.75, 3.05) is 0 Å². The van der Waals surface area contributed by atoms with Gasteiger partial charge in [0.2, 0.25) is 0 Å². The van der Waals surface area contributed by atoms with Gasteiger partial charge in [0.15, 0.2) is 0 Å². The molecule has 2 rings (SSSR count). The van der Waals surface area contributed by atoms with Gasteiger partial charge in [-0.3, -0.25) is 0 Å². The Labute approximate surface area is 206 Å². The fraction of sp³-hybridized carbons (Fsp3) is 0.586. The summed E-state index contributed by atoms with van der Waals surface area (Å²) in [6.07, 6.45) is 8.54. The first-order valence-electron chi connectivity index (χ1n) is 13.4. The van der Waals surface area contributed by atoms with Crippen LogP contribution >= 0.6 is 0 Å². The van der Waals surface area contributed by atoms with Crippen LogP contribution in [-0.4, -0.2) is 34.5 Å². The van der Waals surface area contributed by atoms with Crippen molar-refractivity contribution in [1.29, 1.82) is 0 Å². The van der Waals surface area contributed by atoms with Gasteiger partial charge in [-0.2, -0.15) is 0 Å². The van der Waals surface area contributed by atoms with Gasteiger partial charge in [-0.25, -0.2) is 0 Å². The van der Waals surface area contributed by atoms with Crippen LogP contribution in [0.25, 0.3) is 0 Å². The number of hydrogen-bond acceptors (Lipinski definition) is 0. The Morgan fingerprint density at radius 1 is 0.594 bits per heavy atom. The molecule has 2 aromatic carbocycles. The van der Waals surface area contributed by atoms with Crippen LogP contribution < -0.4 is 10.4 Å². The summed E-state index contributed by atoms with van der Waals surface area (Å²) < 4.78 is 6.54. The van der Waals surface area contributed by atoms with Gasteiger partial charge in [-0.05, 0) is 0 Å². The first-order chi connectivity index (χ1) is 15.3. The minimum absolute atomic E-state index is 1.26. The predicted molar refractivity (Wildman–Crippen MR) is 156 cm³/mol. The molecule has 0 saturated carbocycles. The summed E-state index contributed by atoms with van der Waals surface area (Å²) in [5.74, 6) is 0. The van der Waals surface area contributed by atoms with Crippen molar-refractivity contribution < 1.29 is 0 Å². The van der Waals surface area contributed by atoms with E-state index in [0.29, 0.717) is 0 Å². The van der Waals surface area contributed by atoms with Crippen molar-refractivity contribution in [3.63, 3.8) is 0 Å². The van der Waals surface area contributed by atoms with Gasteiger partial charge in [0.05, 0.1) is 0 Å². The van der Waals surface area contributed by atoms with E-state index in [-0.39, 0.29) is 0 Å². The van der Waals surface area contributed by atoms with Gasteiger partial charge < -0.3 is 0 Å². The summed E-state index contributed by atoms with van der Waals surface area (Å²) >= 11 is -2.34. The molecule has 0 fully saturated rings. The van der Waals surface area contributed by atoms with Crippen LogP contribution in [0.1, 0.15) is 59.3 Å². The topological polar surface area (TPSA) is 0 Å². The molecule has 0 unspecified atom stereocenters. The molecule has 2 aromatic rings. The average molecular weight is 574 g/mol. The van der Waals surface area contributed by atoms with E-state index in [2.05, 4.69) is 101 Å². The van der Waals surface area contributed by atoms with Crippen LogP contribution in [-0.2, 0) is 0 Å². The number of rotatable bonds is 15. The Morgan fingerprint density at radius 2 is 0.969 bits per heavy atom. The monoisotopic (exact) mass is 574 g/mol. The van der Waals surface area contributed by atoms with Crippen molar-refractivity contribution in [3.8, 4) is 0 Å². The molecule has 0 aliphatic rings. The second-order valence-corrected chi connectivity index (χ2v) is 37.6. The summed E-state index contributed by atoms with van der Waals surface area (Å²) in [5, 5.41) is 3.47. The molecular formula is C29H50Si2Sn. The molecule has 0 aliphatic carbocycles. The SMILES string of the molecule is CCC[CH2][Sn]([CH2]CCC)([CH2]CCC)[CH2][Si](C[Si](C)(C)C)(c1ccccc1)c1ccccc1. The van der Waals surface area contributed by atoms with E-state index in [1.165, 1.54) is 44.2 Å². The molecule has 32 heavy (non-hydrogen) atoms. The van der Waals surface area contributed by atoms with E-state index in [9.17, 15) is 0 Å². The molecule has 0 heterocycles. The van der Waals surface area contributed by atoms with E-state index in [1.807, 2.05) is 0 Å². The molecule has 0 N–H and O–H groups in total. The molecule has 3 heteroatoms. The Balaban J connectivity index is 2.70. The Bertz CT molecular complexity index is 690. The fourth-order valence-electron chi connectivity index (χ4n) is 5.99. The number of unbranched alkanes of at least 4 members (excludes halogenated alkanes) is 3. The first-order valence-corrected chi connectivity index (χ1v) is 27.6. The molecule has 0 spiro atoms. The fourth-order valence-corrected chi connectivity index (χ4v) is 53.4. The van der Waals surface area contributed by atoms with Gasteiger partial charge >= 0.3 is 208 Å². The first kappa shape index (κ1) is 27.9. The van der Waals surface area contributed by atoms with Crippen molar-refractivity contribution in [3.05, 3.63) is 60.7 Å². The minimum atomic E-state index is -2.34. The normalized spacial score (nSPS) is 12.8. The maximum atomic E-state index is 2.63. The van der Waals surface area contributed by atoms with Crippen molar-refractivity contribution in [1.82, 2.24) is 0 Å². The van der Waals surface area contributed by atoms with Crippen LogP contribution in [0.2, 0.25) is 42.7 Å². The summed E-state index contributed by atoms with van der Waals surface area (Å²) in [6.45, 7) is 15.1. The molecule has 0 atom stereocenters. The van der Waals surface area contributed by atoms with Crippen molar-refractivity contribution in [2.45, 2.75) is 102 Å². The molecular weight excluding hydrogens is 523 g/mol. The number of benzene rings is 2. The standard InChI is InChI=1S/C17H23Si2.3C4H9.Sn/c1-18(2,3)15-19(4,16-11-7-5-8-12-16)17-13-9-6-10-14-17;3*1-3-4-2;/h5-14H,4,15H2,1-3H3;3*1,3-4H2,2H3;. The molecule has 0 aliphatic heterocycles. The molecule has 0 bridgehead atoms. The zero-order valence-electron chi connectivity index (χ0n) is 22.1. The summed E-state index contributed by atoms with van der Waals surface area (Å²) in [6, 6.07) is 23.8. The van der Waals surface area contributed by atoms with Crippen LogP contribution in [0.15, 0.2) is 60.7 Å². The number of hydrogen-bond donors (Lipinski definition) is 0. The van der Waals surface area contributed by atoms with E-state index >= 15 is 0 Å². The molecule has 178 valence electrons. The Kier molecular flexibility index (Phi) is 11.8. The quantitative estimate of drug-likeness (QED) is 0.188. The van der Waals surface area contributed by atoms with E-state index in [0.717, 1.165) is 0 Å². The van der Waals surface area contributed by atoms with Crippen LogP contribution in [0, 0.1) is 0 Å². The van der Waals surface area contributed by atoms with Crippen LogP contribution in [0.4, 0.5) is 0 Å². The van der Waals surface area contributed by atoms with Crippen molar-refractivity contribution >= 4 is 44.9 Å². The molecule has 0 saturated heterocycles. The Morgan fingerprint density at radius 3 is 1.28 bits per heavy atom. The summed E-state index contributed by atoms with van der Waals surface area (Å²) in [4.78, 5) is 0. The van der Waals surface area contributed by atoms with Crippen molar-refractivity contribution in [2.24, 2.45) is 0 Å². The zero-order valence-corrected chi connectivity index (χ0v) is 26.9. The molecule has 0 nitrogen and oxygen atoms in total. The molecule has 0 radical (unpaired) electrons. The summed E-state index contributed by atoms with van der Waals surface area (Å²) in [5.41, 5.74) is 1.51.